The highest BCUT2D eigenvalue weighted by molar-refractivity contribution is 6.27. The van der Waals surface area contributed by atoms with Gasteiger partial charge < -0.3 is 5.11 Å². The van der Waals surface area contributed by atoms with Gasteiger partial charge in [0.1, 0.15) is 0 Å². The van der Waals surface area contributed by atoms with Crippen LogP contribution in [0.3, 0.4) is 0 Å². The van der Waals surface area contributed by atoms with Gasteiger partial charge in [-0.15, -0.1) is 0 Å². The van der Waals surface area contributed by atoms with E-state index in [4.69, 9.17) is 0 Å². The molecule has 2 heteroatoms. The zero-order chi connectivity index (χ0) is 17.9. The van der Waals surface area contributed by atoms with E-state index in [0.29, 0.717) is 5.57 Å². The standard InChI is InChI=1S/C23H26O2/c1-2-3-4-5-6-7-8-9-10-11-12-17-22(24)21-18-23(25)20-16-14-13-15-19(20)21/h6-18,23,25H,2-5H2,1H3. The highest BCUT2D eigenvalue weighted by atomic mass is 16.3. The second-order valence-electron chi connectivity index (χ2n) is 6.03. The van der Waals surface area contributed by atoms with Crippen molar-refractivity contribution >= 4 is 11.4 Å². The zero-order valence-corrected chi connectivity index (χ0v) is 14.8. The van der Waals surface area contributed by atoms with Crippen molar-refractivity contribution < 1.29 is 9.90 Å². The Hall–Kier alpha value is -2.45. The molecule has 0 saturated heterocycles. The fourth-order valence-electron chi connectivity index (χ4n) is 2.73. The van der Waals surface area contributed by atoms with Gasteiger partial charge in [0.15, 0.2) is 5.78 Å². The third-order valence-corrected chi connectivity index (χ3v) is 4.07. The Morgan fingerprint density at radius 1 is 1.04 bits per heavy atom. The SMILES string of the molecule is CCCCCC=CC=CC=CC=CC(=O)C1=CC(O)c2ccccc21. The van der Waals surface area contributed by atoms with Gasteiger partial charge in [0.2, 0.25) is 0 Å². The van der Waals surface area contributed by atoms with E-state index in [1.54, 1.807) is 12.2 Å². The zero-order valence-electron chi connectivity index (χ0n) is 14.8. The molecule has 1 unspecified atom stereocenters. The molecule has 25 heavy (non-hydrogen) atoms. The lowest BCUT2D eigenvalue weighted by atomic mass is 10.0. The van der Waals surface area contributed by atoms with Gasteiger partial charge >= 0.3 is 0 Å². The topological polar surface area (TPSA) is 37.3 Å². The second kappa shape index (κ2) is 10.4. The Labute approximate surface area is 150 Å². The molecule has 0 saturated carbocycles. The number of fused-ring (bicyclic) bond motifs is 1. The van der Waals surface area contributed by atoms with E-state index >= 15 is 0 Å². The van der Waals surface area contributed by atoms with E-state index in [2.05, 4.69) is 19.1 Å². The van der Waals surface area contributed by atoms with Crippen LogP contribution in [0.25, 0.3) is 5.57 Å². The lowest BCUT2D eigenvalue weighted by Crippen LogP contribution is -1.95. The van der Waals surface area contributed by atoms with Crippen molar-refractivity contribution in [3.05, 3.63) is 90.1 Å². The van der Waals surface area contributed by atoms with Crippen LogP contribution < -0.4 is 0 Å². The van der Waals surface area contributed by atoms with Gasteiger partial charge in [0, 0.05) is 5.57 Å². The first-order chi connectivity index (χ1) is 12.2. The number of aliphatic hydroxyl groups is 1. The van der Waals surface area contributed by atoms with Gasteiger partial charge in [-0.25, -0.2) is 0 Å². The quantitative estimate of drug-likeness (QED) is 0.368. The summed E-state index contributed by atoms with van der Waals surface area (Å²) in [7, 11) is 0. The number of hydrogen-bond acceptors (Lipinski definition) is 2. The maximum atomic E-state index is 12.3. The average molecular weight is 334 g/mol. The molecular weight excluding hydrogens is 308 g/mol. The fourth-order valence-corrected chi connectivity index (χ4v) is 2.73. The molecule has 1 aromatic carbocycles. The molecule has 0 aliphatic heterocycles. The number of ketones is 1. The molecule has 1 N–H and O–H groups in total. The summed E-state index contributed by atoms with van der Waals surface area (Å²) in [5, 5.41) is 9.98. The number of allylic oxidation sites excluding steroid dienone is 9. The van der Waals surface area contributed by atoms with Crippen LogP contribution in [0.1, 0.15) is 49.8 Å². The van der Waals surface area contributed by atoms with E-state index in [9.17, 15) is 9.90 Å². The summed E-state index contributed by atoms with van der Waals surface area (Å²) in [6.07, 6.45) is 21.0. The van der Waals surface area contributed by atoms with Crippen molar-refractivity contribution in [3.8, 4) is 0 Å². The van der Waals surface area contributed by atoms with Crippen LogP contribution in [0.4, 0.5) is 0 Å². The molecule has 2 rings (SSSR count). The monoisotopic (exact) mass is 334 g/mol. The van der Waals surface area contributed by atoms with Crippen molar-refractivity contribution in [1.82, 2.24) is 0 Å². The number of rotatable bonds is 9. The summed E-state index contributed by atoms with van der Waals surface area (Å²) < 4.78 is 0. The second-order valence-corrected chi connectivity index (χ2v) is 6.03. The minimum atomic E-state index is -0.689. The Bertz CT molecular complexity index is 717. The average Bonchev–Trinajstić information content (AvgIpc) is 2.97. The number of benzene rings is 1. The molecule has 0 aromatic heterocycles. The van der Waals surface area contributed by atoms with E-state index in [0.717, 1.165) is 17.5 Å². The van der Waals surface area contributed by atoms with E-state index in [1.807, 2.05) is 48.6 Å². The van der Waals surface area contributed by atoms with Gasteiger partial charge in [-0.1, -0.05) is 86.6 Å². The Balaban J connectivity index is 1.81. The molecule has 1 aromatic rings. The number of carbonyl (C=O) groups excluding carboxylic acids is 1. The number of aliphatic hydroxyl groups excluding tert-OH is 1. The summed E-state index contributed by atoms with van der Waals surface area (Å²) in [5.74, 6) is -0.0894. The lowest BCUT2D eigenvalue weighted by molar-refractivity contribution is -0.109. The number of carbonyl (C=O) groups is 1. The van der Waals surface area contributed by atoms with Crippen LogP contribution in [0, 0.1) is 0 Å². The Morgan fingerprint density at radius 2 is 1.76 bits per heavy atom. The van der Waals surface area contributed by atoms with E-state index in [1.165, 1.54) is 25.3 Å². The molecule has 0 radical (unpaired) electrons. The van der Waals surface area contributed by atoms with Crippen molar-refractivity contribution in [2.45, 2.75) is 38.7 Å². The van der Waals surface area contributed by atoms with Crippen molar-refractivity contribution in [2.24, 2.45) is 0 Å². The summed E-state index contributed by atoms with van der Waals surface area (Å²) in [6.45, 7) is 2.21. The molecule has 0 heterocycles. The van der Waals surface area contributed by atoms with Crippen LogP contribution >= 0.6 is 0 Å². The molecule has 0 spiro atoms. The fraction of sp³-hybridized carbons (Fsp3) is 0.261. The Kier molecular flexibility index (Phi) is 7.87. The van der Waals surface area contributed by atoms with E-state index < -0.39 is 6.10 Å². The van der Waals surface area contributed by atoms with Crippen molar-refractivity contribution in [2.75, 3.05) is 0 Å². The molecule has 0 fully saturated rings. The normalized spacial score (nSPS) is 17.2. The highest BCUT2D eigenvalue weighted by Crippen LogP contribution is 2.34. The maximum absolute atomic E-state index is 12.3. The lowest BCUT2D eigenvalue weighted by Gasteiger charge is -2.03. The third kappa shape index (κ3) is 5.84. The first-order valence-electron chi connectivity index (χ1n) is 8.94. The van der Waals surface area contributed by atoms with Gasteiger partial charge in [-0.05, 0) is 36.1 Å². The van der Waals surface area contributed by atoms with Crippen molar-refractivity contribution in [1.29, 1.82) is 0 Å². The molecule has 1 aliphatic rings. The van der Waals surface area contributed by atoms with Crippen LogP contribution in [-0.4, -0.2) is 10.9 Å². The molecule has 1 aliphatic carbocycles. The number of unbranched alkanes of at least 4 members (excludes halogenated alkanes) is 3. The van der Waals surface area contributed by atoms with Gasteiger partial charge in [0.05, 0.1) is 6.10 Å². The minimum absolute atomic E-state index is 0.0894. The van der Waals surface area contributed by atoms with Crippen LogP contribution in [-0.2, 0) is 4.79 Å². The summed E-state index contributed by atoms with van der Waals surface area (Å²) in [5.41, 5.74) is 2.18. The number of hydrogen-bond donors (Lipinski definition) is 1. The van der Waals surface area contributed by atoms with Crippen LogP contribution in [0.5, 0.6) is 0 Å². The van der Waals surface area contributed by atoms with Gasteiger partial charge in [0.25, 0.3) is 0 Å². The summed E-state index contributed by atoms with van der Waals surface area (Å²) in [4.78, 5) is 12.3. The maximum Gasteiger partial charge on any atom is 0.186 e. The first kappa shape index (κ1) is 18.9. The van der Waals surface area contributed by atoms with E-state index in [-0.39, 0.29) is 5.78 Å². The Morgan fingerprint density at radius 3 is 2.56 bits per heavy atom. The largest absolute Gasteiger partial charge is 0.384 e. The summed E-state index contributed by atoms with van der Waals surface area (Å²) in [6, 6.07) is 7.46. The molecule has 130 valence electrons. The smallest absolute Gasteiger partial charge is 0.186 e. The highest BCUT2D eigenvalue weighted by Gasteiger charge is 2.23. The minimum Gasteiger partial charge on any atom is -0.384 e. The van der Waals surface area contributed by atoms with Gasteiger partial charge in [-0.3, -0.25) is 4.79 Å². The molecule has 0 bridgehead atoms. The van der Waals surface area contributed by atoms with Gasteiger partial charge in [-0.2, -0.15) is 0 Å². The predicted octanol–water partition coefficient (Wildman–Crippen LogP) is 5.49. The molecular formula is C23H26O2. The van der Waals surface area contributed by atoms with Crippen molar-refractivity contribution in [3.63, 3.8) is 0 Å². The molecule has 0 amide bonds. The predicted molar refractivity (Wildman–Crippen MR) is 105 cm³/mol. The van der Waals surface area contributed by atoms with Crippen LogP contribution in [0.2, 0.25) is 0 Å². The summed E-state index contributed by atoms with van der Waals surface area (Å²) >= 11 is 0. The molecule has 1 atom stereocenters. The first-order valence-corrected chi connectivity index (χ1v) is 8.94. The third-order valence-electron chi connectivity index (χ3n) is 4.07. The molecule has 2 nitrogen and oxygen atoms in total. The van der Waals surface area contributed by atoms with Crippen LogP contribution in [0.15, 0.2) is 78.9 Å².